The first-order valence-electron chi connectivity index (χ1n) is 7.43. The van der Waals surface area contributed by atoms with E-state index < -0.39 is 0 Å². The van der Waals surface area contributed by atoms with Gasteiger partial charge in [0.2, 0.25) is 0 Å². The van der Waals surface area contributed by atoms with Gasteiger partial charge in [0.15, 0.2) is 0 Å². The van der Waals surface area contributed by atoms with Crippen LogP contribution in [-0.2, 0) is 6.42 Å². The van der Waals surface area contributed by atoms with Crippen LogP contribution in [0, 0.1) is 13.8 Å². The van der Waals surface area contributed by atoms with Gasteiger partial charge in [0, 0.05) is 28.1 Å². The summed E-state index contributed by atoms with van der Waals surface area (Å²) in [5.41, 5.74) is 2.70. The van der Waals surface area contributed by atoms with Crippen molar-refractivity contribution in [2.45, 2.75) is 27.2 Å². The molecule has 0 aliphatic heterocycles. The summed E-state index contributed by atoms with van der Waals surface area (Å²) in [6.07, 6.45) is 0.921. The Labute approximate surface area is 137 Å². The van der Waals surface area contributed by atoms with Crippen LogP contribution in [0.1, 0.15) is 32.6 Å². The van der Waals surface area contributed by atoms with E-state index in [4.69, 9.17) is 4.42 Å². The third-order valence-corrected chi connectivity index (χ3v) is 5.15. The Kier molecular flexibility index (Phi) is 4.05. The number of carbonyl (C=O) groups is 1. The topological polar surface area (TPSA) is 59.3 Å². The third-order valence-electron chi connectivity index (χ3n) is 3.77. The number of thiophene rings is 1. The van der Waals surface area contributed by atoms with Gasteiger partial charge < -0.3 is 9.73 Å². The standard InChI is InChI=1S/C18H17NO3S/c1-4-15-11(3)7-16(23-15)18(21)19-12-5-6-13-10(2)8-17(20)22-14(13)9-12/h5-9H,4H2,1-3H3,(H,19,21). The number of hydrogen-bond donors (Lipinski definition) is 1. The molecule has 2 aromatic heterocycles. The van der Waals surface area contributed by atoms with Crippen molar-refractivity contribution in [2.75, 3.05) is 5.32 Å². The summed E-state index contributed by atoms with van der Waals surface area (Å²) in [5.74, 6) is -0.146. The number of hydrogen-bond acceptors (Lipinski definition) is 4. The van der Waals surface area contributed by atoms with Crippen LogP contribution >= 0.6 is 11.3 Å². The highest BCUT2D eigenvalue weighted by atomic mass is 32.1. The van der Waals surface area contributed by atoms with Crippen molar-refractivity contribution in [3.8, 4) is 0 Å². The summed E-state index contributed by atoms with van der Waals surface area (Å²) < 4.78 is 5.21. The molecular weight excluding hydrogens is 310 g/mol. The average molecular weight is 327 g/mol. The van der Waals surface area contributed by atoms with E-state index >= 15 is 0 Å². The minimum Gasteiger partial charge on any atom is -0.423 e. The molecule has 0 bridgehead atoms. The summed E-state index contributed by atoms with van der Waals surface area (Å²) in [5, 5.41) is 3.73. The normalized spacial score (nSPS) is 10.9. The Morgan fingerprint density at radius 2 is 1.96 bits per heavy atom. The lowest BCUT2D eigenvalue weighted by Crippen LogP contribution is -2.10. The van der Waals surface area contributed by atoms with Gasteiger partial charge in [-0.3, -0.25) is 4.79 Å². The van der Waals surface area contributed by atoms with E-state index in [9.17, 15) is 9.59 Å². The first-order chi connectivity index (χ1) is 11.0. The number of benzene rings is 1. The highest BCUT2D eigenvalue weighted by Crippen LogP contribution is 2.25. The molecule has 1 aromatic carbocycles. The van der Waals surface area contributed by atoms with E-state index in [-0.39, 0.29) is 11.5 Å². The van der Waals surface area contributed by atoms with Gasteiger partial charge in [-0.05, 0) is 49.6 Å². The second-order valence-corrected chi connectivity index (χ2v) is 6.62. The minimum atomic E-state index is -0.389. The number of carbonyl (C=O) groups excluding carboxylic acids is 1. The van der Waals surface area contributed by atoms with Gasteiger partial charge in [-0.25, -0.2) is 4.79 Å². The number of fused-ring (bicyclic) bond motifs is 1. The zero-order chi connectivity index (χ0) is 16.6. The molecule has 4 nitrogen and oxygen atoms in total. The molecule has 0 fully saturated rings. The van der Waals surface area contributed by atoms with E-state index in [1.54, 1.807) is 6.07 Å². The quantitative estimate of drug-likeness (QED) is 0.730. The fourth-order valence-corrected chi connectivity index (χ4v) is 3.59. The lowest BCUT2D eigenvalue weighted by atomic mass is 10.1. The maximum atomic E-state index is 12.4. The van der Waals surface area contributed by atoms with Gasteiger partial charge in [0.25, 0.3) is 5.91 Å². The van der Waals surface area contributed by atoms with Gasteiger partial charge in [-0.1, -0.05) is 6.92 Å². The fraction of sp³-hybridized carbons (Fsp3) is 0.222. The average Bonchev–Trinajstić information content (AvgIpc) is 2.88. The number of nitrogens with one attached hydrogen (secondary N) is 1. The van der Waals surface area contributed by atoms with E-state index in [1.165, 1.54) is 22.3 Å². The van der Waals surface area contributed by atoms with Crippen LogP contribution in [0.3, 0.4) is 0 Å². The molecule has 118 valence electrons. The van der Waals surface area contributed by atoms with Crippen molar-refractivity contribution in [1.29, 1.82) is 0 Å². The molecule has 2 heterocycles. The molecule has 0 aliphatic rings. The molecule has 1 N–H and O–H groups in total. The molecule has 5 heteroatoms. The van der Waals surface area contributed by atoms with Crippen LogP contribution in [0.5, 0.6) is 0 Å². The highest BCUT2D eigenvalue weighted by Gasteiger charge is 2.12. The van der Waals surface area contributed by atoms with Crippen LogP contribution in [0.2, 0.25) is 0 Å². The molecule has 0 saturated heterocycles. The summed E-state index contributed by atoms with van der Waals surface area (Å²) in [6, 6.07) is 8.71. The monoisotopic (exact) mass is 327 g/mol. The number of aryl methyl sites for hydroxylation is 3. The highest BCUT2D eigenvalue weighted by molar-refractivity contribution is 7.14. The summed E-state index contributed by atoms with van der Waals surface area (Å²) in [6.45, 7) is 5.95. The van der Waals surface area contributed by atoms with E-state index in [2.05, 4.69) is 12.2 Å². The Balaban J connectivity index is 1.91. The second-order valence-electron chi connectivity index (χ2n) is 5.48. The van der Waals surface area contributed by atoms with E-state index in [1.807, 2.05) is 32.0 Å². The van der Waals surface area contributed by atoms with Gasteiger partial charge in [0.05, 0.1) is 4.88 Å². The zero-order valence-electron chi connectivity index (χ0n) is 13.2. The second kappa shape index (κ2) is 6.01. The lowest BCUT2D eigenvalue weighted by molar-refractivity contribution is 0.103. The Hall–Kier alpha value is -2.40. The first-order valence-corrected chi connectivity index (χ1v) is 8.24. The maximum absolute atomic E-state index is 12.4. The minimum absolute atomic E-state index is 0.146. The van der Waals surface area contributed by atoms with Gasteiger partial charge in [0.1, 0.15) is 5.58 Å². The Bertz CT molecular complexity index is 953. The zero-order valence-corrected chi connectivity index (χ0v) is 14.0. The maximum Gasteiger partial charge on any atom is 0.336 e. The largest absolute Gasteiger partial charge is 0.423 e. The molecule has 0 radical (unpaired) electrons. The first kappa shape index (κ1) is 15.5. The Morgan fingerprint density at radius 3 is 2.65 bits per heavy atom. The molecule has 0 spiro atoms. The van der Waals surface area contributed by atoms with Gasteiger partial charge in [-0.2, -0.15) is 0 Å². The van der Waals surface area contributed by atoms with Crippen molar-refractivity contribution in [3.63, 3.8) is 0 Å². The number of anilines is 1. The number of rotatable bonds is 3. The number of amides is 1. The SMILES string of the molecule is CCc1sc(C(=O)Nc2ccc3c(C)cc(=O)oc3c2)cc1C. The molecule has 0 saturated carbocycles. The molecule has 1 amide bonds. The van der Waals surface area contributed by atoms with E-state index in [0.717, 1.165) is 22.9 Å². The molecule has 0 atom stereocenters. The smallest absolute Gasteiger partial charge is 0.336 e. The van der Waals surface area contributed by atoms with Crippen molar-refractivity contribution >= 4 is 33.9 Å². The third kappa shape index (κ3) is 3.05. The van der Waals surface area contributed by atoms with Crippen LogP contribution in [-0.4, -0.2) is 5.91 Å². The van der Waals surface area contributed by atoms with Gasteiger partial charge >= 0.3 is 5.63 Å². The summed E-state index contributed by atoms with van der Waals surface area (Å²) in [7, 11) is 0. The van der Waals surface area contributed by atoms with Crippen LogP contribution in [0.4, 0.5) is 5.69 Å². The molecule has 3 rings (SSSR count). The predicted octanol–water partition coefficient (Wildman–Crippen LogP) is 4.29. The van der Waals surface area contributed by atoms with Crippen molar-refractivity contribution < 1.29 is 9.21 Å². The Morgan fingerprint density at radius 1 is 1.17 bits per heavy atom. The molecule has 0 aliphatic carbocycles. The van der Waals surface area contributed by atoms with Crippen molar-refractivity contribution in [2.24, 2.45) is 0 Å². The fourth-order valence-electron chi connectivity index (χ4n) is 2.58. The van der Waals surface area contributed by atoms with E-state index in [0.29, 0.717) is 16.1 Å². The molecular formula is C18H17NO3S. The summed E-state index contributed by atoms with van der Waals surface area (Å²) >= 11 is 1.51. The van der Waals surface area contributed by atoms with Crippen molar-refractivity contribution in [3.05, 3.63) is 61.6 Å². The predicted molar refractivity (Wildman–Crippen MR) is 93.6 cm³/mol. The molecule has 0 unspecified atom stereocenters. The molecule has 23 heavy (non-hydrogen) atoms. The molecule has 3 aromatic rings. The van der Waals surface area contributed by atoms with Crippen LogP contribution in [0.15, 0.2) is 39.5 Å². The van der Waals surface area contributed by atoms with Crippen LogP contribution in [0.25, 0.3) is 11.0 Å². The van der Waals surface area contributed by atoms with Crippen LogP contribution < -0.4 is 10.9 Å². The summed E-state index contributed by atoms with van der Waals surface area (Å²) in [4.78, 5) is 25.8. The lowest BCUT2D eigenvalue weighted by Gasteiger charge is -2.06. The van der Waals surface area contributed by atoms with Crippen molar-refractivity contribution in [1.82, 2.24) is 0 Å². The van der Waals surface area contributed by atoms with Gasteiger partial charge in [-0.15, -0.1) is 11.3 Å².